The van der Waals surface area contributed by atoms with E-state index < -0.39 is 35.8 Å². The van der Waals surface area contributed by atoms with Crippen LogP contribution in [0.4, 0.5) is 10.2 Å². The number of halogens is 1. The van der Waals surface area contributed by atoms with Gasteiger partial charge in [0.1, 0.15) is 35.1 Å². The summed E-state index contributed by atoms with van der Waals surface area (Å²) in [5.74, 6) is 0.819. The highest BCUT2D eigenvalue weighted by atomic mass is 19.1. The van der Waals surface area contributed by atoms with E-state index in [9.17, 15) is 14.7 Å². The van der Waals surface area contributed by atoms with E-state index in [1.165, 1.54) is 17.0 Å². The number of imidazole rings is 1. The number of nitrogens with one attached hydrogen (secondary N) is 2. The first kappa shape index (κ1) is 32.9. The quantitative estimate of drug-likeness (QED) is 0.170. The van der Waals surface area contributed by atoms with Crippen LogP contribution in [0.3, 0.4) is 0 Å². The van der Waals surface area contributed by atoms with Gasteiger partial charge < -0.3 is 38.9 Å². The summed E-state index contributed by atoms with van der Waals surface area (Å²) < 4.78 is 41.1. The molecular formula is C36H37FN4O7. The Morgan fingerprint density at radius 2 is 1.58 bits per heavy atom. The van der Waals surface area contributed by atoms with E-state index in [2.05, 4.69) is 15.3 Å². The molecule has 11 nitrogen and oxygen atoms in total. The summed E-state index contributed by atoms with van der Waals surface area (Å²) in [6, 6.07) is 25.9. The predicted octanol–water partition coefficient (Wildman–Crippen LogP) is 4.94. The number of rotatable bonds is 11. The lowest BCUT2D eigenvalue weighted by Crippen LogP contribution is -2.38. The van der Waals surface area contributed by atoms with Gasteiger partial charge in [0.25, 0.3) is 5.56 Å². The number of pyridine rings is 1. The standard InChI is InChI=1S/C36H37FN4O7/c1-21(2)33(43)39-29-18-27-31(34(44)40-29)38-20-41(27)35-32(42)30(37)28(48-35)19-47-36(22-8-6-5-7-9-22,23-10-14-25(45-3)15-11-23)24-12-16-26(46-4)17-13-24/h5-18,20-21,28,30,32,35,42H,19H2,1-4H3,(H2,39,40,43,44)/t28-,30-,32-,35-/m1/s1. The fourth-order valence-corrected chi connectivity index (χ4v) is 5.94. The van der Waals surface area contributed by atoms with Gasteiger partial charge in [-0.1, -0.05) is 68.4 Å². The van der Waals surface area contributed by atoms with Crippen LogP contribution in [0.25, 0.3) is 11.0 Å². The number of methoxy groups -OCH3 is 2. The summed E-state index contributed by atoms with van der Waals surface area (Å²) in [4.78, 5) is 31.9. The van der Waals surface area contributed by atoms with Crippen molar-refractivity contribution < 1.29 is 33.2 Å². The fourth-order valence-electron chi connectivity index (χ4n) is 5.94. The summed E-state index contributed by atoms with van der Waals surface area (Å²) in [7, 11) is 3.17. The molecule has 250 valence electrons. The van der Waals surface area contributed by atoms with Crippen LogP contribution in [-0.4, -0.2) is 64.8 Å². The van der Waals surface area contributed by atoms with E-state index in [-0.39, 0.29) is 35.3 Å². The predicted molar refractivity (Wildman–Crippen MR) is 177 cm³/mol. The van der Waals surface area contributed by atoms with Crippen molar-refractivity contribution in [3.8, 4) is 11.5 Å². The molecular weight excluding hydrogens is 619 g/mol. The van der Waals surface area contributed by atoms with Crippen molar-refractivity contribution in [2.24, 2.45) is 5.92 Å². The lowest BCUT2D eigenvalue weighted by molar-refractivity contribution is -0.118. The van der Waals surface area contributed by atoms with Gasteiger partial charge in [0.15, 0.2) is 17.9 Å². The van der Waals surface area contributed by atoms with Crippen LogP contribution >= 0.6 is 0 Å². The number of hydrogen-bond acceptors (Lipinski definition) is 8. The minimum Gasteiger partial charge on any atom is -0.497 e. The molecule has 3 N–H and O–H groups in total. The molecule has 0 bridgehead atoms. The van der Waals surface area contributed by atoms with Crippen molar-refractivity contribution in [3.05, 3.63) is 118 Å². The number of aromatic amines is 1. The van der Waals surface area contributed by atoms with Crippen molar-refractivity contribution in [3.63, 3.8) is 0 Å². The Labute approximate surface area is 276 Å². The molecule has 6 rings (SSSR count). The van der Waals surface area contributed by atoms with Crippen molar-refractivity contribution in [2.75, 3.05) is 26.1 Å². The number of alkyl halides is 1. The summed E-state index contributed by atoms with van der Waals surface area (Å²) >= 11 is 0. The second kappa shape index (κ2) is 13.6. The Bertz CT molecular complexity index is 1880. The molecule has 3 heterocycles. The van der Waals surface area contributed by atoms with Crippen LogP contribution in [0.5, 0.6) is 11.5 Å². The van der Waals surface area contributed by atoms with Crippen molar-refractivity contribution >= 4 is 22.8 Å². The normalized spacial score (nSPS) is 19.5. The highest BCUT2D eigenvalue weighted by Gasteiger charge is 2.48. The van der Waals surface area contributed by atoms with Crippen LogP contribution in [0.15, 0.2) is 96.1 Å². The Hall–Kier alpha value is -5.04. The molecule has 0 spiro atoms. The Balaban J connectivity index is 1.36. The summed E-state index contributed by atoms with van der Waals surface area (Å²) in [5.41, 5.74) is 0.797. The summed E-state index contributed by atoms with van der Waals surface area (Å²) in [5, 5.41) is 13.8. The van der Waals surface area contributed by atoms with E-state index in [0.29, 0.717) is 11.5 Å². The van der Waals surface area contributed by atoms with Gasteiger partial charge in [-0.3, -0.25) is 9.59 Å². The maximum atomic E-state index is 16.0. The molecule has 2 aromatic heterocycles. The molecule has 1 aliphatic heterocycles. The van der Waals surface area contributed by atoms with Gasteiger partial charge in [0, 0.05) is 12.0 Å². The zero-order chi connectivity index (χ0) is 34.0. The first-order chi connectivity index (χ1) is 23.2. The Morgan fingerprint density at radius 3 is 2.15 bits per heavy atom. The molecule has 3 aromatic carbocycles. The SMILES string of the molecule is COc1ccc(C(OC[C@H]2O[C@@H](n3cnc4c(=O)[nH]c(NC(=O)C(C)C)cc43)[C@H](O)[C@@H]2F)(c2ccccc2)c2ccc(OC)cc2)cc1. The molecule has 48 heavy (non-hydrogen) atoms. The molecule has 0 radical (unpaired) electrons. The number of aromatic nitrogens is 3. The van der Waals surface area contributed by atoms with Crippen LogP contribution in [0.1, 0.15) is 36.8 Å². The first-order valence-electron chi connectivity index (χ1n) is 15.5. The number of H-pyrrole nitrogens is 1. The molecule has 12 heteroatoms. The van der Waals surface area contributed by atoms with E-state index in [0.717, 1.165) is 16.7 Å². The van der Waals surface area contributed by atoms with Gasteiger partial charge in [-0.15, -0.1) is 0 Å². The topological polar surface area (TPSA) is 137 Å². The molecule has 1 aliphatic rings. The summed E-state index contributed by atoms with van der Waals surface area (Å²) in [6.45, 7) is 3.18. The monoisotopic (exact) mass is 656 g/mol. The molecule has 1 amide bonds. The summed E-state index contributed by atoms with van der Waals surface area (Å²) in [6.07, 6.45) is -4.60. The van der Waals surface area contributed by atoms with Crippen LogP contribution in [-0.2, 0) is 19.9 Å². The minimum atomic E-state index is -1.85. The first-order valence-corrected chi connectivity index (χ1v) is 15.5. The number of carbonyl (C=O) groups excluding carboxylic acids is 1. The zero-order valence-corrected chi connectivity index (χ0v) is 26.9. The number of ether oxygens (including phenoxy) is 4. The number of hydrogen-bond donors (Lipinski definition) is 3. The highest BCUT2D eigenvalue weighted by molar-refractivity contribution is 5.92. The van der Waals surface area contributed by atoms with Crippen molar-refractivity contribution in [1.82, 2.24) is 14.5 Å². The van der Waals surface area contributed by atoms with Gasteiger partial charge in [-0.25, -0.2) is 9.37 Å². The fraction of sp³-hybridized carbons (Fsp3) is 0.306. The number of aliphatic hydroxyl groups excluding tert-OH is 1. The average molecular weight is 657 g/mol. The number of nitrogens with zero attached hydrogens (tertiary/aromatic N) is 2. The average Bonchev–Trinajstić information content (AvgIpc) is 3.66. The molecule has 1 saturated heterocycles. The van der Waals surface area contributed by atoms with Gasteiger partial charge in [-0.2, -0.15) is 0 Å². The number of fused-ring (bicyclic) bond motifs is 1. The number of aliphatic hydroxyl groups is 1. The third-order valence-corrected chi connectivity index (χ3v) is 8.56. The number of anilines is 1. The molecule has 0 saturated carbocycles. The van der Waals surface area contributed by atoms with Gasteiger partial charge in [0.05, 0.1) is 32.7 Å². The van der Waals surface area contributed by atoms with Gasteiger partial charge >= 0.3 is 0 Å². The second-order valence-corrected chi connectivity index (χ2v) is 11.9. The van der Waals surface area contributed by atoms with Crippen LogP contribution in [0, 0.1) is 5.92 Å². The van der Waals surface area contributed by atoms with E-state index in [4.69, 9.17) is 18.9 Å². The van der Waals surface area contributed by atoms with Gasteiger partial charge in [-0.05, 0) is 41.0 Å². The lowest BCUT2D eigenvalue weighted by atomic mass is 9.80. The number of carbonyl (C=O) groups is 1. The molecule has 1 fully saturated rings. The number of benzene rings is 3. The number of amides is 1. The van der Waals surface area contributed by atoms with Crippen LogP contribution < -0.4 is 20.3 Å². The third kappa shape index (κ3) is 6.05. The molecule has 0 unspecified atom stereocenters. The zero-order valence-electron chi connectivity index (χ0n) is 26.9. The van der Waals surface area contributed by atoms with Crippen LogP contribution in [0.2, 0.25) is 0 Å². The Kier molecular flexibility index (Phi) is 9.31. The van der Waals surface area contributed by atoms with E-state index in [1.807, 2.05) is 78.9 Å². The Morgan fingerprint density at radius 1 is 1.00 bits per heavy atom. The van der Waals surface area contributed by atoms with E-state index >= 15 is 4.39 Å². The second-order valence-electron chi connectivity index (χ2n) is 11.9. The van der Waals surface area contributed by atoms with E-state index in [1.54, 1.807) is 28.1 Å². The maximum Gasteiger partial charge on any atom is 0.277 e. The van der Waals surface area contributed by atoms with Crippen molar-refractivity contribution in [2.45, 2.75) is 44.1 Å². The highest BCUT2D eigenvalue weighted by Crippen LogP contribution is 2.43. The van der Waals surface area contributed by atoms with Crippen molar-refractivity contribution in [1.29, 1.82) is 0 Å². The largest absolute Gasteiger partial charge is 0.497 e. The molecule has 0 aliphatic carbocycles. The lowest BCUT2D eigenvalue weighted by Gasteiger charge is -2.37. The van der Waals surface area contributed by atoms with Gasteiger partial charge in [0.2, 0.25) is 5.91 Å². The molecule has 4 atom stereocenters. The third-order valence-electron chi connectivity index (χ3n) is 8.56. The smallest absolute Gasteiger partial charge is 0.277 e. The molecule has 5 aromatic rings. The minimum absolute atomic E-state index is 0.0468. The maximum absolute atomic E-state index is 16.0.